The van der Waals surface area contributed by atoms with Crippen LogP contribution in [0.2, 0.25) is 0 Å². The Kier molecular flexibility index (Phi) is 9.72. The van der Waals surface area contributed by atoms with Gasteiger partial charge in [-0.15, -0.1) is 0 Å². The molecule has 0 bridgehead atoms. The minimum absolute atomic E-state index is 0.0492. The molecule has 3 atom stereocenters. The summed E-state index contributed by atoms with van der Waals surface area (Å²) >= 11 is 0. The van der Waals surface area contributed by atoms with Crippen LogP contribution in [0.1, 0.15) is 37.9 Å². The lowest BCUT2D eigenvalue weighted by atomic mass is 9.87. The van der Waals surface area contributed by atoms with Crippen LogP contribution >= 0.6 is 0 Å². The molecule has 0 amide bonds. The zero-order valence-corrected chi connectivity index (χ0v) is 25.1. The lowest BCUT2D eigenvalue weighted by Crippen LogP contribution is -2.64. The number of esters is 2. The van der Waals surface area contributed by atoms with Crippen molar-refractivity contribution in [3.8, 4) is 5.75 Å². The number of hydrogen-bond acceptors (Lipinski definition) is 9. The van der Waals surface area contributed by atoms with E-state index in [0.717, 1.165) is 0 Å². The summed E-state index contributed by atoms with van der Waals surface area (Å²) in [6, 6.07) is 18.3. The number of nitrogens with zero attached hydrogens (tertiary/aromatic N) is 1. The van der Waals surface area contributed by atoms with Crippen molar-refractivity contribution in [1.82, 2.24) is 4.31 Å². The molecule has 1 saturated heterocycles. The predicted molar refractivity (Wildman–Crippen MR) is 155 cm³/mol. The number of carbonyl (C=O) groups excluding carboxylic acids is 2. The fourth-order valence-electron chi connectivity index (χ4n) is 4.68. The van der Waals surface area contributed by atoms with Crippen molar-refractivity contribution in [2.75, 3.05) is 13.1 Å². The molecule has 44 heavy (non-hydrogen) atoms. The first-order valence-corrected chi connectivity index (χ1v) is 15.2. The van der Waals surface area contributed by atoms with E-state index < -0.39 is 63.5 Å². The molecule has 2 unspecified atom stereocenters. The number of sulfonamides is 1. The second-order valence-electron chi connectivity index (χ2n) is 10.7. The van der Waals surface area contributed by atoms with Crippen molar-refractivity contribution in [3.63, 3.8) is 0 Å². The molecular weight excluding hydrogens is 595 g/mol. The summed E-state index contributed by atoms with van der Waals surface area (Å²) in [6.07, 6.45) is -1.37. The highest BCUT2D eigenvalue weighted by Crippen LogP contribution is 2.40. The van der Waals surface area contributed by atoms with E-state index in [1.54, 1.807) is 50.2 Å². The van der Waals surface area contributed by atoms with Crippen LogP contribution in [-0.2, 0) is 39.5 Å². The van der Waals surface area contributed by atoms with E-state index in [4.69, 9.17) is 19.9 Å². The summed E-state index contributed by atoms with van der Waals surface area (Å²) in [5.74, 6) is -6.22. The number of nitrogens with two attached hydrogens (primary N) is 1. The van der Waals surface area contributed by atoms with Crippen LogP contribution in [-0.4, -0.2) is 55.1 Å². The van der Waals surface area contributed by atoms with Crippen molar-refractivity contribution >= 4 is 27.9 Å². The van der Waals surface area contributed by atoms with E-state index in [1.807, 2.05) is 0 Å². The van der Waals surface area contributed by atoms with Crippen LogP contribution in [0.3, 0.4) is 0 Å². The molecule has 13 heteroatoms. The first-order chi connectivity index (χ1) is 20.7. The van der Waals surface area contributed by atoms with Gasteiger partial charge in [0.05, 0.1) is 29.9 Å². The predicted octanol–water partition coefficient (Wildman–Crippen LogP) is 3.59. The van der Waals surface area contributed by atoms with Crippen molar-refractivity contribution in [3.05, 3.63) is 95.8 Å². The first kappa shape index (κ1) is 32.6. The Bertz CT molecular complexity index is 1630. The van der Waals surface area contributed by atoms with Crippen LogP contribution in [0.15, 0.2) is 83.8 Å². The van der Waals surface area contributed by atoms with Crippen LogP contribution in [0, 0.1) is 17.7 Å². The molecule has 3 aromatic carbocycles. The van der Waals surface area contributed by atoms with E-state index in [2.05, 4.69) is 0 Å². The lowest BCUT2D eigenvalue weighted by Gasteiger charge is -2.48. The van der Waals surface area contributed by atoms with E-state index in [-0.39, 0.29) is 29.3 Å². The third kappa shape index (κ3) is 7.07. The van der Waals surface area contributed by atoms with E-state index in [0.29, 0.717) is 5.56 Å². The second-order valence-corrected chi connectivity index (χ2v) is 12.6. The molecule has 0 saturated carbocycles. The van der Waals surface area contributed by atoms with Gasteiger partial charge in [0, 0.05) is 13.0 Å². The number of carboxylic acids is 1. The largest absolute Gasteiger partial charge is 0.481 e. The topological polar surface area (TPSA) is 163 Å². The zero-order chi connectivity index (χ0) is 32.2. The number of halogens is 1. The van der Waals surface area contributed by atoms with Gasteiger partial charge >= 0.3 is 17.9 Å². The van der Waals surface area contributed by atoms with Gasteiger partial charge in [-0.2, -0.15) is 4.31 Å². The number of ether oxygens (including phenoxy) is 3. The highest BCUT2D eigenvalue weighted by atomic mass is 32.2. The summed E-state index contributed by atoms with van der Waals surface area (Å²) in [5.41, 5.74) is 5.82. The van der Waals surface area contributed by atoms with E-state index >= 15 is 0 Å². The van der Waals surface area contributed by atoms with E-state index in [1.165, 1.54) is 53.7 Å². The summed E-state index contributed by atoms with van der Waals surface area (Å²) < 4.78 is 58.5. The monoisotopic (exact) mass is 628 g/mol. The van der Waals surface area contributed by atoms with Crippen molar-refractivity contribution in [2.45, 2.75) is 43.6 Å². The molecular formula is C31H33FN2O9S. The third-order valence-electron chi connectivity index (χ3n) is 7.07. The Morgan fingerprint density at radius 2 is 1.55 bits per heavy atom. The molecule has 1 heterocycles. The number of carbonyl (C=O) groups is 3. The lowest BCUT2D eigenvalue weighted by molar-refractivity contribution is -0.191. The standard InChI is InChI=1S/C31H33FN2O9S/c1-19(2)29(37)41-20(3)42-30(38)26(28(35)36)27(33)21-9-7-14-25(15-21)44(39,40)34-17-31(18-34,22-10-5-4-6-11-22)43-24-13-8-12-23(32)16-24/h4-16,19-20,26-27H,17-18,33H2,1-3H3,(H,35,36)/t20?,26-,27?/m0/s1. The van der Waals surface area contributed by atoms with E-state index in [9.17, 15) is 32.3 Å². The maximum absolute atomic E-state index is 13.9. The van der Waals surface area contributed by atoms with Crippen molar-refractivity contribution in [2.24, 2.45) is 17.6 Å². The number of hydrogen-bond donors (Lipinski definition) is 2. The summed E-state index contributed by atoms with van der Waals surface area (Å²) in [6.45, 7) is 4.23. The Balaban J connectivity index is 1.54. The summed E-state index contributed by atoms with van der Waals surface area (Å²) in [7, 11) is -4.14. The quantitative estimate of drug-likeness (QED) is 0.172. The second kappa shape index (κ2) is 13.1. The first-order valence-electron chi connectivity index (χ1n) is 13.7. The molecule has 1 aliphatic rings. The third-order valence-corrected chi connectivity index (χ3v) is 8.86. The Morgan fingerprint density at radius 1 is 0.909 bits per heavy atom. The molecule has 0 radical (unpaired) electrons. The Labute approximate surface area is 254 Å². The van der Waals surface area contributed by atoms with Gasteiger partial charge in [-0.1, -0.05) is 62.4 Å². The van der Waals surface area contributed by atoms with Crippen LogP contribution < -0.4 is 10.5 Å². The van der Waals surface area contributed by atoms with Gasteiger partial charge in [0.2, 0.25) is 16.3 Å². The molecule has 3 N–H and O–H groups in total. The van der Waals surface area contributed by atoms with Gasteiger partial charge in [-0.25, -0.2) is 12.8 Å². The molecule has 1 fully saturated rings. The normalized spacial score (nSPS) is 16.7. The van der Waals surface area contributed by atoms with Crippen molar-refractivity contribution in [1.29, 1.82) is 0 Å². The highest BCUT2D eigenvalue weighted by molar-refractivity contribution is 7.89. The fraction of sp³-hybridized carbons (Fsp3) is 0.323. The minimum atomic E-state index is -4.14. The van der Waals surface area contributed by atoms with Crippen LogP contribution in [0.25, 0.3) is 0 Å². The number of carboxylic acid groups (broad SMARTS) is 1. The smallest absolute Gasteiger partial charge is 0.325 e. The van der Waals surface area contributed by atoms with Crippen LogP contribution in [0.5, 0.6) is 5.75 Å². The fourth-order valence-corrected chi connectivity index (χ4v) is 6.27. The number of aliphatic carboxylic acids is 1. The van der Waals surface area contributed by atoms with Gasteiger partial charge in [0.15, 0.2) is 11.5 Å². The Morgan fingerprint density at radius 3 is 2.16 bits per heavy atom. The number of rotatable bonds is 12. The molecule has 11 nitrogen and oxygen atoms in total. The minimum Gasteiger partial charge on any atom is -0.481 e. The Hall–Kier alpha value is -4.33. The molecule has 0 spiro atoms. The van der Waals surface area contributed by atoms with Gasteiger partial charge in [0.1, 0.15) is 11.6 Å². The molecule has 0 aliphatic carbocycles. The average Bonchev–Trinajstić information content (AvgIpc) is 2.94. The SMILES string of the molecule is CC(OC(=O)C(C)C)OC(=O)[C@H](C(=O)O)C(N)c1cccc(S(=O)(=O)N2CC(Oc3cccc(F)c3)(c3ccccc3)C2)c1. The summed E-state index contributed by atoms with van der Waals surface area (Å²) in [4.78, 5) is 36.4. The maximum Gasteiger partial charge on any atom is 0.325 e. The van der Waals surface area contributed by atoms with Crippen molar-refractivity contribution < 1.29 is 46.5 Å². The highest BCUT2D eigenvalue weighted by Gasteiger charge is 2.52. The van der Waals surface area contributed by atoms with Gasteiger partial charge in [-0.05, 0) is 35.4 Å². The summed E-state index contributed by atoms with van der Waals surface area (Å²) in [5, 5.41) is 9.77. The molecule has 0 aromatic heterocycles. The molecule has 1 aliphatic heterocycles. The molecule has 234 valence electrons. The van der Waals surface area contributed by atoms with Gasteiger partial charge in [-0.3, -0.25) is 14.4 Å². The number of benzene rings is 3. The zero-order valence-electron chi connectivity index (χ0n) is 24.3. The maximum atomic E-state index is 13.9. The average molecular weight is 629 g/mol. The molecule has 3 aromatic rings. The van der Waals surface area contributed by atoms with Crippen LogP contribution in [0.4, 0.5) is 4.39 Å². The van der Waals surface area contributed by atoms with Gasteiger partial charge < -0.3 is 25.1 Å². The van der Waals surface area contributed by atoms with Gasteiger partial charge in [0.25, 0.3) is 0 Å². The molecule has 4 rings (SSSR count).